The van der Waals surface area contributed by atoms with Crippen LogP contribution >= 0.6 is 11.9 Å². The molecule has 0 radical (unpaired) electrons. The van der Waals surface area contributed by atoms with Gasteiger partial charge in [0.15, 0.2) is 0 Å². The van der Waals surface area contributed by atoms with E-state index in [0.29, 0.717) is 6.04 Å². The van der Waals surface area contributed by atoms with Gasteiger partial charge in [-0.3, -0.25) is 4.90 Å². The smallest absolute Gasteiger partial charge is 0.0639 e. The van der Waals surface area contributed by atoms with Gasteiger partial charge in [-0.2, -0.15) is 4.41 Å². The second kappa shape index (κ2) is 7.06. The van der Waals surface area contributed by atoms with Gasteiger partial charge >= 0.3 is 0 Å². The van der Waals surface area contributed by atoms with Crippen LogP contribution in [-0.2, 0) is 11.3 Å². The largest absolute Gasteiger partial charge is 0.378 e. The number of rotatable bonds is 2. The predicted molar refractivity (Wildman–Crippen MR) is 101 cm³/mol. The Morgan fingerprint density at radius 3 is 2.92 bits per heavy atom. The molecule has 25 heavy (non-hydrogen) atoms. The summed E-state index contributed by atoms with van der Waals surface area (Å²) in [6.45, 7) is 11.7. The molecule has 136 valence electrons. The third-order valence-corrected chi connectivity index (χ3v) is 6.92. The molecule has 0 aromatic heterocycles. The molecule has 3 saturated heterocycles. The number of morpholine rings is 1. The Balaban J connectivity index is 1.28. The molecule has 1 N–H and O–H groups in total. The lowest BCUT2D eigenvalue weighted by Gasteiger charge is -2.44. The Labute approximate surface area is 154 Å². The van der Waals surface area contributed by atoms with Gasteiger partial charge < -0.3 is 15.0 Å². The molecular formula is C18H27N5OS. The lowest BCUT2D eigenvalue weighted by atomic mass is 10.1. The minimum absolute atomic E-state index is 0.556. The van der Waals surface area contributed by atoms with Gasteiger partial charge in [-0.05, 0) is 29.6 Å². The molecule has 4 aliphatic rings. The van der Waals surface area contributed by atoms with Crippen LogP contribution < -0.4 is 10.2 Å². The highest BCUT2D eigenvalue weighted by molar-refractivity contribution is 7.97. The van der Waals surface area contributed by atoms with Gasteiger partial charge in [0.05, 0.1) is 25.8 Å². The zero-order valence-corrected chi connectivity index (χ0v) is 15.5. The van der Waals surface area contributed by atoms with Gasteiger partial charge in [0.25, 0.3) is 0 Å². The van der Waals surface area contributed by atoms with Crippen molar-refractivity contribution in [2.24, 2.45) is 0 Å². The van der Waals surface area contributed by atoms with Crippen molar-refractivity contribution < 1.29 is 4.74 Å². The van der Waals surface area contributed by atoms with Crippen LogP contribution in [0.3, 0.4) is 0 Å². The van der Waals surface area contributed by atoms with E-state index in [9.17, 15) is 0 Å². The molecule has 1 aromatic carbocycles. The zero-order chi connectivity index (χ0) is 16.6. The van der Waals surface area contributed by atoms with Crippen molar-refractivity contribution in [3.63, 3.8) is 0 Å². The quantitative estimate of drug-likeness (QED) is 0.782. The van der Waals surface area contributed by atoms with E-state index in [4.69, 9.17) is 4.74 Å². The van der Waals surface area contributed by atoms with Gasteiger partial charge in [-0.1, -0.05) is 6.07 Å². The molecule has 1 atom stereocenters. The number of fused-ring (bicyclic) bond motifs is 2. The summed E-state index contributed by atoms with van der Waals surface area (Å²) in [6, 6.07) is 7.62. The molecule has 0 amide bonds. The highest BCUT2D eigenvalue weighted by atomic mass is 32.2. The minimum Gasteiger partial charge on any atom is -0.378 e. The molecule has 1 aromatic rings. The van der Waals surface area contributed by atoms with E-state index in [-0.39, 0.29) is 0 Å². The Hall–Kier alpha value is -0.830. The molecule has 0 aliphatic carbocycles. The Kier molecular flexibility index (Phi) is 4.62. The number of benzene rings is 1. The first kappa shape index (κ1) is 16.4. The summed E-state index contributed by atoms with van der Waals surface area (Å²) < 4.78 is 8.14. The minimum atomic E-state index is 0.556. The Morgan fingerprint density at radius 1 is 1.08 bits per heavy atom. The van der Waals surface area contributed by atoms with Gasteiger partial charge in [-0.25, -0.2) is 5.01 Å². The standard InChI is InChI=1S/C18H27N5OS/c1-2-16(21-8-7-20-9-10-24-14-17(20)13-21)11-18-15(1)12-23(25-18)22-5-3-19-4-6-22/h1-2,11,17,19H,3-10,12-14H2. The van der Waals surface area contributed by atoms with Gasteiger partial charge in [0.2, 0.25) is 0 Å². The lowest BCUT2D eigenvalue weighted by molar-refractivity contribution is -0.0116. The maximum absolute atomic E-state index is 5.69. The van der Waals surface area contributed by atoms with E-state index >= 15 is 0 Å². The highest BCUT2D eigenvalue weighted by Crippen LogP contribution is 2.39. The lowest BCUT2D eigenvalue weighted by Crippen LogP contribution is -2.58. The van der Waals surface area contributed by atoms with Crippen molar-refractivity contribution in [1.82, 2.24) is 19.6 Å². The first-order chi connectivity index (χ1) is 12.4. The van der Waals surface area contributed by atoms with E-state index < -0.39 is 0 Å². The first-order valence-electron chi connectivity index (χ1n) is 9.47. The van der Waals surface area contributed by atoms with Crippen LogP contribution in [0.2, 0.25) is 0 Å². The monoisotopic (exact) mass is 361 g/mol. The maximum atomic E-state index is 5.69. The van der Waals surface area contributed by atoms with Crippen LogP contribution in [0.25, 0.3) is 0 Å². The van der Waals surface area contributed by atoms with Crippen molar-refractivity contribution in [2.75, 3.05) is 70.5 Å². The summed E-state index contributed by atoms with van der Waals surface area (Å²) >= 11 is 1.91. The molecule has 5 rings (SSSR count). The van der Waals surface area contributed by atoms with Crippen LogP contribution in [0, 0.1) is 0 Å². The van der Waals surface area contributed by atoms with E-state index in [0.717, 1.165) is 72.1 Å². The number of hydrogen-bond acceptors (Lipinski definition) is 7. The van der Waals surface area contributed by atoms with Crippen LogP contribution in [0.5, 0.6) is 0 Å². The summed E-state index contributed by atoms with van der Waals surface area (Å²) in [5.41, 5.74) is 2.84. The van der Waals surface area contributed by atoms with E-state index in [1.165, 1.54) is 16.1 Å². The van der Waals surface area contributed by atoms with Gasteiger partial charge in [-0.15, -0.1) is 0 Å². The van der Waals surface area contributed by atoms with E-state index in [2.05, 4.69) is 42.7 Å². The fourth-order valence-corrected chi connectivity index (χ4v) is 5.39. The second-order valence-electron chi connectivity index (χ2n) is 7.31. The molecule has 7 heteroatoms. The van der Waals surface area contributed by atoms with Crippen LogP contribution in [-0.4, -0.2) is 85.9 Å². The second-order valence-corrected chi connectivity index (χ2v) is 8.35. The number of hydrazine groups is 1. The molecule has 3 fully saturated rings. The van der Waals surface area contributed by atoms with Crippen LogP contribution in [0.1, 0.15) is 5.56 Å². The molecule has 4 aliphatic heterocycles. The number of nitrogens with one attached hydrogen (secondary N) is 1. The highest BCUT2D eigenvalue weighted by Gasteiger charge is 2.31. The van der Waals surface area contributed by atoms with Crippen molar-refractivity contribution in [1.29, 1.82) is 0 Å². The summed E-state index contributed by atoms with van der Waals surface area (Å²) in [6.07, 6.45) is 0. The first-order valence-corrected chi connectivity index (χ1v) is 10.2. The molecule has 0 saturated carbocycles. The summed E-state index contributed by atoms with van der Waals surface area (Å²) in [5, 5.41) is 5.92. The van der Waals surface area contributed by atoms with Gasteiger partial charge in [0.1, 0.15) is 0 Å². The normalized spacial score (nSPS) is 28.8. The fourth-order valence-electron chi connectivity index (χ4n) is 4.26. The number of piperazine rings is 2. The SMILES string of the molecule is c1cc2c(cc1N1CCN3CCOCC3C1)SN(N1CCNCC1)C2. The van der Waals surface area contributed by atoms with E-state index in [1.807, 2.05) is 11.9 Å². The maximum Gasteiger partial charge on any atom is 0.0639 e. The van der Waals surface area contributed by atoms with Crippen molar-refractivity contribution in [2.45, 2.75) is 17.5 Å². The number of ether oxygens (including phenoxy) is 1. The van der Waals surface area contributed by atoms with Crippen LogP contribution in [0.15, 0.2) is 23.1 Å². The molecule has 0 bridgehead atoms. The predicted octanol–water partition coefficient (Wildman–Crippen LogP) is 0.850. The number of nitrogens with zero attached hydrogens (tertiary/aromatic N) is 4. The summed E-state index contributed by atoms with van der Waals surface area (Å²) in [7, 11) is 0. The fraction of sp³-hybridized carbons (Fsp3) is 0.667. The van der Waals surface area contributed by atoms with Gasteiger partial charge in [0, 0.05) is 62.9 Å². The third-order valence-electron chi connectivity index (χ3n) is 5.77. The molecule has 6 nitrogen and oxygen atoms in total. The molecular weight excluding hydrogens is 334 g/mol. The Morgan fingerprint density at radius 2 is 2.00 bits per heavy atom. The van der Waals surface area contributed by atoms with Crippen LogP contribution in [0.4, 0.5) is 5.69 Å². The zero-order valence-electron chi connectivity index (χ0n) is 14.7. The summed E-state index contributed by atoms with van der Waals surface area (Å²) in [4.78, 5) is 6.57. The average molecular weight is 362 g/mol. The number of anilines is 1. The topological polar surface area (TPSA) is 34.2 Å². The molecule has 1 unspecified atom stereocenters. The summed E-state index contributed by atoms with van der Waals surface area (Å²) in [5.74, 6) is 0. The third kappa shape index (κ3) is 3.29. The number of hydrogen-bond donors (Lipinski definition) is 1. The van der Waals surface area contributed by atoms with Crippen molar-refractivity contribution in [3.8, 4) is 0 Å². The molecule has 0 spiro atoms. The van der Waals surface area contributed by atoms with Crippen molar-refractivity contribution in [3.05, 3.63) is 23.8 Å². The Bertz CT molecular complexity index is 623. The molecule has 4 heterocycles. The van der Waals surface area contributed by atoms with E-state index in [1.54, 1.807) is 0 Å². The van der Waals surface area contributed by atoms with Crippen molar-refractivity contribution >= 4 is 17.6 Å². The average Bonchev–Trinajstić information content (AvgIpc) is 3.11.